The predicted octanol–water partition coefficient (Wildman–Crippen LogP) is 3.07. The van der Waals surface area contributed by atoms with E-state index in [4.69, 9.17) is 9.72 Å². The number of carbonyl (C=O) groups excluding carboxylic acids is 1. The number of hydrogen-bond donors (Lipinski definition) is 0. The molecule has 0 unspecified atom stereocenters. The number of rotatable bonds is 6. The van der Waals surface area contributed by atoms with Gasteiger partial charge in [0.2, 0.25) is 5.95 Å². The van der Waals surface area contributed by atoms with Crippen molar-refractivity contribution in [2.45, 2.75) is 26.4 Å². The summed E-state index contributed by atoms with van der Waals surface area (Å²) < 4.78 is 22.2. The summed E-state index contributed by atoms with van der Waals surface area (Å²) in [6.45, 7) is 3.23. The summed E-state index contributed by atoms with van der Waals surface area (Å²) in [6, 6.07) is 6.23. The average Bonchev–Trinajstić information content (AvgIpc) is 3.32. The van der Waals surface area contributed by atoms with Crippen molar-refractivity contribution < 1.29 is 13.9 Å². The lowest BCUT2D eigenvalue weighted by Crippen LogP contribution is -2.10. The minimum atomic E-state index is -0.559. The van der Waals surface area contributed by atoms with Gasteiger partial charge in [-0.2, -0.15) is 4.39 Å². The predicted molar refractivity (Wildman–Crippen MR) is 104 cm³/mol. The third-order valence-electron chi connectivity index (χ3n) is 4.53. The lowest BCUT2D eigenvalue weighted by molar-refractivity contribution is 0.0594. The second kappa shape index (κ2) is 7.78. The molecule has 0 N–H and O–H groups in total. The number of carbonyl (C=O) groups is 1. The maximum atomic E-state index is 13.5. The molecule has 4 aromatic rings. The van der Waals surface area contributed by atoms with Crippen LogP contribution in [0.5, 0.6) is 0 Å². The number of ether oxygens (including phenoxy) is 1. The molecule has 0 aliphatic rings. The minimum Gasteiger partial charge on any atom is -0.464 e. The fourth-order valence-electron chi connectivity index (χ4n) is 3.24. The molecule has 4 rings (SSSR count). The van der Waals surface area contributed by atoms with E-state index in [0.29, 0.717) is 23.6 Å². The zero-order valence-electron chi connectivity index (χ0n) is 16.0. The van der Waals surface area contributed by atoms with Crippen molar-refractivity contribution in [3.63, 3.8) is 0 Å². The summed E-state index contributed by atoms with van der Waals surface area (Å²) in [5.41, 5.74) is 2.15. The maximum Gasteiger partial charge on any atom is 0.356 e. The quantitative estimate of drug-likeness (QED) is 0.369. The Morgan fingerprint density at radius 3 is 2.86 bits per heavy atom. The lowest BCUT2D eigenvalue weighted by Gasteiger charge is -2.10. The Hall–Kier alpha value is -3.62. The minimum absolute atomic E-state index is 0.208. The van der Waals surface area contributed by atoms with Gasteiger partial charge in [-0.3, -0.25) is 0 Å². The summed E-state index contributed by atoms with van der Waals surface area (Å²) in [5, 5.41) is 0. The molecule has 0 aromatic carbocycles. The van der Waals surface area contributed by atoms with Gasteiger partial charge in [0.1, 0.15) is 11.5 Å². The fraction of sp³-hybridized carbons (Fsp3) is 0.250. The average molecular weight is 394 g/mol. The fourth-order valence-corrected chi connectivity index (χ4v) is 3.24. The standard InChI is InChI=1S/C20H19FN6O2/c1-3-8-27-16-11-23-15(20(28)29-2)10-14(16)25-18(27)12-26-9-7-22-19(26)13-5-4-6-17(21)24-13/h4-7,9-11H,3,8,12H2,1-2H3. The number of methoxy groups -OCH3 is 1. The van der Waals surface area contributed by atoms with Crippen LogP contribution in [0.15, 0.2) is 42.9 Å². The van der Waals surface area contributed by atoms with Crippen molar-refractivity contribution in [2.24, 2.45) is 0 Å². The van der Waals surface area contributed by atoms with Crippen LogP contribution in [0.3, 0.4) is 0 Å². The van der Waals surface area contributed by atoms with Crippen molar-refractivity contribution in [2.75, 3.05) is 7.11 Å². The number of aryl methyl sites for hydroxylation is 1. The lowest BCUT2D eigenvalue weighted by atomic mass is 10.3. The van der Waals surface area contributed by atoms with Crippen molar-refractivity contribution in [1.82, 2.24) is 29.1 Å². The first-order valence-electron chi connectivity index (χ1n) is 9.18. The molecule has 0 fully saturated rings. The molecule has 29 heavy (non-hydrogen) atoms. The van der Waals surface area contributed by atoms with Gasteiger partial charge in [0.25, 0.3) is 0 Å². The number of esters is 1. The van der Waals surface area contributed by atoms with E-state index in [9.17, 15) is 9.18 Å². The van der Waals surface area contributed by atoms with Gasteiger partial charge in [0.05, 0.1) is 30.9 Å². The Morgan fingerprint density at radius 2 is 2.10 bits per heavy atom. The molecule has 4 heterocycles. The maximum absolute atomic E-state index is 13.5. The van der Waals surface area contributed by atoms with Gasteiger partial charge in [-0.25, -0.2) is 24.7 Å². The number of fused-ring (bicyclic) bond motifs is 1. The first kappa shape index (κ1) is 18.7. The van der Waals surface area contributed by atoms with Crippen LogP contribution in [0.4, 0.5) is 4.39 Å². The molecule has 4 aromatic heterocycles. The first-order chi connectivity index (χ1) is 14.1. The summed E-state index contributed by atoms with van der Waals surface area (Å²) in [7, 11) is 1.32. The summed E-state index contributed by atoms with van der Waals surface area (Å²) in [6.07, 6.45) is 5.98. The summed E-state index contributed by atoms with van der Waals surface area (Å²) in [4.78, 5) is 28.9. The van der Waals surface area contributed by atoms with E-state index in [0.717, 1.165) is 24.3 Å². The van der Waals surface area contributed by atoms with E-state index < -0.39 is 11.9 Å². The Bertz CT molecular complexity index is 1180. The van der Waals surface area contributed by atoms with Crippen LogP contribution in [-0.2, 0) is 17.8 Å². The molecule has 0 saturated carbocycles. The third-order valence-corrected chi connectivity index (χ3v) is 4.53. The second-order valence-electron chi connectivity index (χ2n) is 6.45. The van der Waals surface area contributed by atoms with Crippen molar-refractivity contribution in [3.8, 4) is 11.5 Å². The molecular weight excluding hydrogens is 375 g/mol. The molecule has 0 spiro atoms. The molecule has 0 radical (unpaired) electrons. The molecule has 0 atom stereocenters. The SMILES string of the molecule is CCCn1c(Cn2ccnc2-c2cccc(F)n2)nc2cc(C(=O)OC)ncc21. The number of hydrogen-bond acceptors (Lipinski definition) is 6. The zero-order chi connectivity index (χ0) is 20.4. The highest BCUT2D eigenvalue weighted by atomic mass is 19.1. The van der Waals surface area contributed by atoms with Gasteiger partial charge in [0, 0.05) is 18.9 Å². The van der Waals surface area contributed by atoms with Crippen LogP contribution in [0.2, 0.25) is 0 Å². The highest BCUT2D eigenvalue weighted by molar-refractivity contribution is 5.91. The van der Waals surface area contributed by atoms with Crippen LogP contribution < -0.4 is 0 Å². The molecule has 148 valence electrons. The van der Waals surface area contributed by atoms with Gasteiger partial charge in [-0.1, -0.05) is 13.0 Å². The van der Waals surface area contributed by atoms with Gasteiger partial charge < -0.3 is 13.9 Å². The van der Waals surface area contributed by atoms with Crippen LogP contribution in [0.1, 0.15) is 29.7 Å². The molecule has 0 saturated heterocycles. The van der Waals surface area contributed by atoms with Gasteiger partial charge >= 0.3 is 5.97 Å². The third kappa shape index (κ3) is 3.58. The highest BCUT2D eigenvalue weighted by Crippen LogP contribution is 2.21. The Balaban J connectivity index is 1.76. The molecule has 0 bridgehead atoms. The van der Waals surface area contributed by atoms with Gasteiger partial charge in [0.15, 0.2) is 11.5 Å². The van der Waals surface area contributed by atoms with E-state index >= 15 is 0 Å². The van der Waals surface area contributed by atoms with Crippen LogP contribution >= 0.6 is 0 Å². The summed E-state index contributed by atoms with van der Waals surface area (Å²) >= 11 is 0. The molecular formula is C20H19FN6O2. The van der Waals surface area contributed by atoms with Crippen molar-refractivity contribution >= 4 is 17.0 Å². The van der Waals surface area contributed by atoms with Crippen LogP contribution in [-0.4, -0.2) is 42.1 Å². The Morgan fingerprint density at radius 1 is 1.24 bits per heavy atom. The second-order valence-corrected chi connectivity index (χ2v) is 6.45. The number of imidazole rings is 2. The number of aromatic nitrogens is 6. The van der Waals surface area contributed by atoms with E-state index in [1.54, 1.807) is 36.8 Å². The monoisotopic (exact) mass is 394 g/mol. The zero-order valence-corrected chi connectivity index (χ0v) is 16.0. The number of halogens is 1. The number of pyridine rings is 2. The van der Waals surface area contributed by atoms with E-state index in [2.05, 4.69) is 26.4 Å². The smallest absolute Gasteiger partial charge is 0.356 e. The first-order valence-corrected chi connectivity index (χ1v) is 9.18. The topological polar surface area (TPSA) is 87.7 Å². The van der Waals surface area contributed by atoms with Crippen molar-refractivity contribution in [3.05, 3.63) is 60.3 Å². The molecule has 8 nitrogen and oxygen atoms in total. The normalized spacial score (nSPS) is 11.1. The molecule has 0 amide bonds. The Kier molecular flexibility index (Phi) is 5.03. The van der Waals surface area contributed by atoms with E-state index in [-0.39, 0.29) is 5.69 Å². The molecule has 0 aliphatic heterocycles. The van der Waals surface area contributed by atoms with E-state index in [1.165, 1.54) is 13.2 Å². The Labute approximate surface area is 166 Å². The largest absolute Gasteiger partial charge is 0.464 e. The van der Waals surface area contributed by atoms with Crippen molar-refractivity contribution in [1.29, 1.82) is 0 Å². The van der Waals surface area contributed by atoms with Crippen LogP contribution in [0, 0.1) is 5.95 Å². The highest BCUT2D eigenvalue weighted by Gasteiger charge is 2.17. The van der Waals surface area contributed by atoms with Gasteiger partial charge in [-0.05, 0) is 24.6 Å². The van der Waals surface area contributed by atoms with Gasteiger partial charge in [-0.15, -0.1) is 0 Å². The van der Waals surface area contributed by atoms with Crippen LogP contribution in [0.25, 0.3) is 22.6 Å². The number of nitrogens with zero attached hydrogens (tertiary/aromatic N) is 6. The van der Waals surface area contributed by atoms with E-state index in [1.807, 2.05) is 4.57 Å². The molecule has 0 aliphatic carbocycles. The molecule has 9 heteroatoms. The summed E-state index contributed by atoms with van der Waals surface area (Å²) in [5.74, 6) is 0.263.